The Labute approximate surface area is 105 Å². The van der Waals surface area contributed by atoms with E-state index in [1.54, 1.807) is 9.80 Å². The minimum atomic E-state index is 0.685. The van der Waals surface area contributed by atoms with E-state index in [2.05, 4.69) is 44.3 Å². The Balaban J connectivity index is 1.88. The molecule has 94 valence electrons. The van der Waals surface area contributed by atoms with E-state index in [-0.39, 0.29) is 0 Å². The molecule has 1 aromatic rings. The average molecular weight is 234 g/mol. The fourth-order valence-corrected chi connectivity index (χ4v) is 2.82. The zero-order valence-electron chi connectivity index (χ0n) is 11.2. The summed E-state index contributed by atoms with van der Waals surface area (Å²) in [7, 11) is 2.32. The molecule has 1 fully saturated rings. The van der Waals surface area contributed by atoms with E-state index < -0.39 is 0 Å². The number of nitrogens with one attached hydrogen (secondary N) is 2. The topological polar surface area (TPSA) is 8.88 Å². The Hall–Kier alpha value is -0.860. The first-order chi connectivity index (χ1) is 8.25. The molecular weight excluding hydrogens is 208 g/mol. The summed E-state index contributed by atoms with van der Waals surface area (Å²) in [6.07, 6.45) is 1.38. The van der Waals surface area contributed by atoms with Gasteiger partial charge >= 0.3 is 0 Å². The first kappa shape index (κ1) is 12.6. The van der Waals surface area contributed by atoms with Crippen LogP contribution >= 0.6 is 0 Å². The lowest BCUT2D eigenvalue weighted by atomic mass is 10.0. The van der Waals surface area contributed by atoms with Crippen molar-refractivity contribution in [3.63, 3.8) is 0 Å². The van der Waals surface area contributed by atoms with Crippen LogP contribution in [0.2, 0.25) is 0 Å². The summed E-state index contributed by atoms with van der Waals surface area (Å²) in [4.78, 5) is 3.49. The molecule has 17 heavy (non-hydrogen) atoms. The van der Waals surface area contributed by atoms with Gasteiger partial charge in [0.1, 0.15) is 13.1 Å². The minimum Gasteiger partial charge on any atom is -0.333 e. The fourth-order valence-electron chi connectivity index (χ4n) is 2.82. The third-order valence-corrected chi connectivity index (χ3v) is 4.00. The smallest absolute Gasteiger partial charge is 0.127 e. The van der Waals surface area contributed by atoms with E-state index in [0.717, 1.165) is 0 Å². The summed E-state index contributed by atoms with van der Waals surface area (Å²) in [6, 6.07) is 10.9. The van der Waals surface area contributed by atoms with Gasteiger partial charge in [-0.15, -0.1) is 0 Å². The molecule has 0 saturated carbocycles. The number of likely N-dealkylation sites (N-methyl/N-ethyl adjacent to an activating group) is 1. The highest BCUT2D eigenvalue weighted by Gasteiger charge is 2.19. The van der Waals surface area contributed by atoms with Crippen molar-refractivity contribution >= 4 is 0 Å². The van der Waals surface area contributed by atoms with Crippen molar-refractivity contribution in [3.05, 3.63) is 35.9 Å². The summed E-state index contributed by atoms with van der Waals surface area (Å²) in [5.41, 5.74) is 1.49. The van der Waals surface area contributed by atoms with Gasteiger partial charge in [-0.05, 0) is 5.56 Å². The normalized spacial score (nSPS) is 27.4. The van der Waals surface area contributed by atoms with Crippen molar-refractivity contribution in [1.82, 2.24) is 0 Å². The number of hydrogen-bond donors (Lipinski definition) is 2. The lowest BCUT2D eigenvalue weighted by molar-refractivity contribution is -0.930. The highest BCUT2D eigenvalue weighted by atomic mass is 15.2. The fraction of sp³-hybridized carbons (Fsp3) is 0.600. The van der Waals surface area contributed by atoms with E-state index >= 15 is 0 Å². The lowest BCUT2D eigenvalue weighted by Crippen LogP contribution is -3.16. The number of rotatable bonds is 3. The molecule has 1 aliphatic heterocycles. The van der Waals surface area contributed by atoms with E-state index in [9.17, 15) is 0 Å². The van der Waals surface area contributed by atoms with Gasteiger partial charge in [-0.25, -0.2) is 0 Å². The van der Waals surface area contributed by atoms with Crippen molar-refractivity contribution in [3.8, 4) is 0 Å². The Kier molecular flexibility index (Phi) is 4.57. The predicted molar refractivity (Wildman–Crippen MR) is 71.7 cm³/mol. The van der Waals surface area contributed by atoms with Gasteiger partial charge in [0.2, 0.25) is 0 Å². The van der Waals surface area contributed by atoms with Gasteiger partial charge in [0.05, 0.1) is 26.7 Å². The standard InChI is InChI=1S/C15H24N2/c1-14(15-7-4-3-5-8-15)13-17-10-6-9-16(2)11-12-17/h3-5,7-8,14H,6,9-13H2,1-2H3/p+2/t14-/m0/s1. The largest absolute Gasteiger partial charge is 0.333 e. The van der Waals surface area contributed by atoms with Crippen LogP contribution in [0.1, 0.15) is 24.8 Å². The Morgan fingerprint density at radius 3 is 2.59 bits per heavy atom. The molecule has 1 heterocycles. The van der Waals surface area contributed by atoms with Crippen LogP contribution in [0.25, 0.3) is 0 Å². The average Bonchev–Trinajstić information content (AvgIpc) is 2.56. The summed E-state index contributed by atoms with van der Waals surface area (Å²) >= 11 is 0. The van der Waals surface area contributed by atoms with Crippen LogP contribution in [-0.4, -0.2) is 39.8 Å². The summed E-state index contributed by atoms with van der Waals surface area (Å²) < 4.78 is 0. The quantitative estimate of drug-likeness (QED) is 0.704. The predicted octanol–water partition coefficient (Wildman–Crippen LogP) is -0.407. The third kappa shape index (κ3) is 3.83. The molecule has 2 nitrogen and oxygen atoms in total. The summed E-state index contributed by atoms with van der Waals surface area (Å²) in [6.45, 7) is 9.03. The first-order valence-corrected chi connectivity index (χ1v) is 6.95. The summed E-state index contributed by atoms with van der Waals surface area (Å²) in [5, 5.41) is 0. The van der Waals surface area contributed by atoms with Crippen LogP contribution in [0.4, 0.5) is 0 Å². The van der Waals surface area contributed by atoms with Gasteiger partial charge in [0.15, 0.2) is 0 Å². The van der Waals surface area contributed by atoms with Crippen LogP contribution in [0.5, 0.6) is 0 Å². The Morgan fingerprint density at radius 1 is 1.06 bits per heavy atom. The zero-order valence-corrected chi connectivity index (χ0v) is 11.2. The highest BCUT2D eigenvalue weighted by Crippen LogP contribution is 2.11. The molecule has 2 heteroatoms. The van der Waals surface area contributed by atoms with Crippen LogP contribution in [-0.2, 0) is 0 Å². The minimum absolute atomic E-state index is 0.685. The molecule has 2 unspecified atom stereocenters. The molecule has 2 rings (SSSR count). The molecule has 3 atom stereocenters. The van der Waals surface area contributed by atoms with Crippen molar-refractivity contribution in [1.29, 1.82) is 0 Å². The van der Waals surface area contributed by atoms with Crippen LogP contribution in [0.3, 0.4) is 0 Å². The van der Waals surface area contributed by atoms with E-state index in [4.69, 9.17) is 0 Å². The second kappa shape index (κ2) is 6.18. The van der Waals surface area contributed by atoms with Crippen molar-refractivity contribution in [2.24, 2.45) is 0 Å². The molecule has 0 radical (unpaired) electrons. The second-order valence-electron chi connectivity index (χ2n) is 5.58. The first-order valence-electron chi connectivity index (χ1n) is 6.95. The number of quaternary nitrogens is 2. The molecule has 0 spiro atoms. The molecule has 1 aromatic carbocycles. The van der Waals surface area contributed by atoms with Crippen LogP contribution in [0, 0.1) is 0 Å². The van der Waals surface area contributed by atoms with Crippen LogP contribution < -0.4 is 9.80 Å². The van der Waals surface area contributed by atoms with Gasteiger partial charge in [0.25, 0.3) is 0 Å². The van der Waals surface area contributed by atoms with Crippen molar-refractivity contribution in [2.75, 3.05) is 39.8 Å². The van der Waals surface area contributed by atoms with E-state index in [1.165, 1.54) is 44.7 Å². The monoisotopic (exact) mass is 234 g/mol. The Morgan fingerprint density at radius 2 is 1.82 bits per heavy atom. The second-order valence-corrected chi connectivity index (χ2v) is 5.58. The number of hydrogen-bond acceptors (Lipinski definition) is 0. The molecule has 2 N–H and O–H groups in total. The van der Waals surface area contributed by atoms with Crippen molar-refractivity contribution < 1.29 is 9.80 Å². The molecule has 1 aliphatic rings. The van der Waals surface area contributed by atoms with Gasteiger partial charge in [0, 0.05) is 12.3 Å². The zero-order chi connectivity index (χ0) is 12.1. The molecule has 0 bridgehead atoms. The molecular formula is C15H26N2+2. The maximum absolute atomic E-state index is 2.36. The van der Waals surface area contributed by atoms with Gasteiger partial charge in [-0.1, -0.05) is 37.3 Å². The van der Waals surface area contributed by atoms with Crippen LogP contribution in [0.15, 0.2) is 30.3 Å². The maximum Gasteiger partial charge on any atom is 0.127 e. The van der Waals surface area contributed by atoms with Crippen molar-refractivity contribution in [2.45, 2.75) is 19.3 Å². The molecule has 1 saturated heterocycles. The third-order valence-electron chi connectivity index (χ3n) is 4.00. The lowest BCUT2D eigenvalue weighted by Gasteiger charge is -2.20. The van der Waals surface area contributed by atoms with E-state index in [0.29, 0.717) is 5.92 Å². The maximum atomic E-state index is 2.36. The molecule has 0 aliphatic carbocycles. The SMILES string of the molecule is C[C@@H](C[NH+]1CCC[NH+](C)CC1)c1ccccc1. The van der Waals surface area contributed by atoms with Gasteiger partial charge in [-0.2, -0.15) is 0 Å². The van der Waals surface area contributed by atoms with Gasteiger partial charge < -0.3 is 9.80 Å². The van der Waals surface area contributed by atoms with Gasteiger partial charge in [-0.3, -0.25) is 0 Å². The molecule has 0 amide bonds. The Bertz CT molecular complexity index is 323. The molecule has 0 aromatic heterocycles. The highest BCUT2D eigenvalue weighted by molar-refractivity contribution is 5.18. The summed E-state index contributed by atoms with van der Waals surface area (Å²) in [5.74, 6) is 0.685. The van der Waals surface area contributed by atoms with E-state index in [1.807, 2.05) is 0 Å². The number of benzene rings is 1.